The van der Waals surface area contributed by atoms with Crippen molar-refractivity contribution < 1.29 is 25.0 Å². The second-order valence-electron chi connectivity index (χ2n) is 8.50. The molecule has 0 aromatic carbocycles. The van der Waals surface area contributed by atoms with Crippen LogP contribution < -0.4 is 5.32 Å². The molecule has 0 aromatic heterocycles. The summed E-state index contributed by atoms with van der Waals surface area (Å²) in [6, 6.07) is 0.0436. The van der Waals surface area contributed by atoms with E-state index in [2.05, 4.69) is 15.4 Å². The van der Waals surface area contributed by atoms with Crippen molar-refractivity contribution in [1.82, 2.24) is 15.1 Å². The van der Waals surface area contributed by atoms with E-state index >= 15 is 0 Å². The first-order chi connectivity index (χ1) is 13.8. The van der Waals surface area contributed by atoms with Crippen LogP contribution in [0.4, 0.5) is 0 Å². The standard InChI is InChI=1S/C19H28N4O5S/c1-9-15-14(10(2)24)18(25)23(15)16(19(26)27)17(9)29-13-5-12(20-6-13)8-22-4-3-11(7-22)21-28/h9-10,12-15,20,24,28H,3-8H2,1-2H3,(H,26,27)/b21-11+/t9-,10-,12?,13+,14?,15?/m1/s1. The molecular weight excluding hydrogens is 396 g/mol. The highest BCUT2D eigenvalue weighted by Gasteiger charge is 2.60. The summed E-state index contributed by atoms with van der Waals surface area (Å²) in [5.41, 5.74) is 0.910. The second-order valence-corrected chi connectivity index (χ2v) is 9.85. The summed E-state index contributed by atoms with van der Waals surface area (Å²) in [5, 5.41) is 35.7. The quantitative estimate of drug-likeness (QED) is 0.270. The number of amides is 1. The number of thioether (sulfide) groups is 1. The molecule has 0 spiro atoms. The third-order valence-corrected chi connectivity index (χ3v) is 8.04. The van der Waals surface area contributed by atoms with E-state index in [1.807, 2.05) is 6.92 Å². The number of aliphatic hydroxyl groups excluding tert-OH is 1. The van der Waals surface area contributed by atoms with Gasteiger partial charge in [-0.1, -0.05) is 12.1 Å². The van der Waals surface area contributed by atoms with Crippen LogP contribution in [0.15, 0.2) is 15.8 Å². The first-order valence-electron chi connectivity index (χ1n) is 10.1. The minimum Gasteiger partial charge on any atom is -0.477 e. The minimum atomic E-state index is -1.07. The first-order valence-corrected chi connectivity index (χ1v) is 11.0. The Morgan fingerprint density at radius 1 is 1.45 bits per heavy atom. The number of nitrogens with one attached hydrogen (secondary N) is 1. The number of aliphatic carboxylic acids is 1. The zero-order chi connectivity index (χ0) is 20.9. The summed E-state index contributed by atoms with van der Waals surface area (Å²) in [6.07, 6.45) is 0.925. The molecule has 0 saturated carbocycles. The van der Waals surface area contributed by atoms with Gasteiger partial charge in [0.05, 0.1) is 23.8 Å². The summed E-state index contributed by atoms with van der Waals surface area (Å²) < 4.78 is 0. The van der Waals surface area contributed by atoms with Crippen LogP contribution in [0.25, 0.3) is 0 Å². The zero-order valence-electron chi connectivity index (χ0n) is 16.6. The number of carbonyl (C=O) groups is 2. The number of nitrogens with zero attached hydrogens (tertiary/aromatic N) is 3. The molecule has 3 unspecified atom stereocenters. The smallest absolute Gasteiger partial charge is 0.353 e. The van der Waals surface area contributed by atoms with Gasteiger partial charge in [-0.05, 0) is 13.3 Å². The zero-order valence-corrected chi connectivity index (χ0v) is 17.4. The van der Waals surface area contributed by atoms with Gasteiger partial charge in [0.1, 0.15) is 5.70 Å². The van der Waals surface area contributed by atoms with Crippen LogP contribution in [-0.2, 0) is 9.59 Å². The lowest BCUT2D eigenvalue weighted by Gasteiger charge is -2.46. The van der Waals surface area contributed by atoms with Crippen LogP contribution in [0.2, 0.25) is 0 Å². The number of oxime groups is 1. The van der Waals surface area contributed by atoms with Gasteiger partial charge < -0.3 is 25.6 Å². The van der Waals surface area contributed by atoms with Crippen LogP contribution in [0.5, 0.6) is 0 Å². The largest absolute Gasteiger partial charge is 0.477 e. The second kappa shape index (κ2) is 7.90. The molecular formula is C19H28N4O5S. The molecule has 1 amide bonds. The summed E-state index contributed by atoms with van der Waals surface area (Å²) >= 11 is 1.57. The number of carboxylic acid groups (broad SMARTS) is 1. The molecule has 9 nitrogen and oxygen atoms in total. The Morgan fingerprint density at radius 2 is 2.21 bits per heavy atom. The molecule has 4 N–H and O–H groups in total. The number of hydrogen-bond donors (Lipinski definition) is 4. The van der Waals surface area contributed by atoms with Gasteiger partial charge in [-0.15, -0.1) is 11.8 Å². The van der Waals surface area contributed by atoms with Gasteiger partial charge >= 0.3 is 5.97 Å². The normalized spacial score (nSPS) is 37.3. The first kappa shape index (κ1) is 20.6. The Bertz CT molecular complexity index is 770. The summed E-state index contributed by atoms with van der Waals surface area (Å²) in [6.45, 7) is 6.78. The average molecular weight is 425 g/mol. The van der Waals surface area contributed by atoms with Gasteiger partial charge in [0.25, 0.3) is 0 Å². The van der Waals surface area contributed by atoms with E-state index in [-0.39, 0.29) is 28.8 Å². The Hall–Kier alpha value is -1.62. The lowest BCUT2D eigenvalue weighted by molar-refractivity contribution is -0.163. The molecule has 10 heteroatoms. The van der Waals surface area contributed by atoms with Gasteiger partial charge in [0, 0.05) is 54.7 Å². The van der Waals surface area contributed by atoms with E-state index in [1.54, 1.807) is 18.7 Å². The predicted octanol–water partition coefficient (Wildman–Crippen LogP) is 0.140. The van der Waals surface area contributed by atoms with Crippen LogP contribution in [-0.4, -0.2) is 92.4 Å². The maximum atomic E-state index is 12.4. The van der Waals surface area contributed by atoms with Gasteiger partial charge in [-0.25, -0.2) is 4.79 Å². The molecule has 6 atom stereocenters. The summed E-state index contributed by atoms with van der Waals surface area (Å²) in [5.74, 6) is -1.98. The average Bonchev–Trinajstić information content (AvgIpc) is 3.35. The number of rotatable bonds is 6. The summed E-state index contributed by atoms with van der Waals surface area (Å²) in [4.78, 5) is 28.7. The number of aliphatic hydroxyl groups is 1. The Balaban J connectivity index is 1.41. The van der Waals surface area contributed by atoms with Gasteiger partial charge in [0.2, 0.25) is 5.91 Å². The van der Waals surface area contributed by atoms with E-state index in [1.165, 1.54) is 4.90 Å². The molecule has 0 aliphatic carbocycles. The number of hydrogen-bond acceptors (Lipinski definition) is 8. The molecule has 4 aliphatic heterocycles. The van der Waals surface area contributed by atoms with Crippen molar-refractivity contribution in [3.8, 4) is 0 Å². The van der Waals surface area contributed by atoms with E-state index in [0.717, 1.165) is 43.1 Å². The molecule has 4 aliphatic rings. The van der Waals surface area contributed by atoms with Crippen molar-refractivity contribution in [2.45, 2.75) is 50.1 Å². The van der Waals surface area contributed by atoms with Crippen LogP contribution in [0, 0.1) is 11.8 Å². The fraction of sp³-hybridized carbons (Fsp3) is 0.737. The molecule has 0 aromatic rings. The molecule has 160 valence electrons. The van der Waals surface area contributed by atoms with Gasteiger partial charge in [0.15, 0.2) is 0 Å². The molecule has 4 rings (SSSR count). The maximum Gasteiger partial charge on any atom is 0.353 e. The highest BCUT2D eigenvalue weighted by molar-refractivity contribution is 8.03. The van der Waals surface area contributed by atoms with Crippen molar-refractivity contribution in [1.29, 1.82) is 0 Å². The highest BCUT2D eigenvalue weighted by Crippen LogP contribution is 2.51. The third-order valence-electron chi connectivity index (χ3n) is 6.53. The minimum absolute atomic E-state index is 0.0932. The van der Waals surface area contributed by atoms with E-state index in [9.17, 15) is 19.8 Å². The SMILES string of the molecule is C[C@@H](O)C1C(=O)N2C(C(=O)O)=C(S[C@@H]3CNC(CN4CC/C(=N\O)C4)C3)[C@H](C)C12. The predicted molar refractivity (Wildman–Crippen MR) is 108 cm³/mol. The molecule has 4 heterocycles. The van der Waals surface area contributed by atoms with Gasteiger partial charge in [-0.3, -0.25) is 9.69 Å². The molecule has 3 fully saturated rings. The third kappa shape index (κ3) is 3.56. The van der Waals surface area contributed by atoms with Crippen molar-refractivity contribution in [2.75, 3.05) is 26.2 Å². The van der Waals surface area contributed by atoms with Crippen molar-refractivity contribution in [3.63, 3.8) is 0 Å². The number of carbonyl (C=O) groups excluding carboxylic acids is 1. The topological polar surface area (TPSA) is 126 Å². The Labute approximate surface area is 173 Å². The van der Waals surface area contributed by atoms with Crippen molar-refractivity contribution in [3.05, 3.63) is 10.6 Å². The van der Waals surface area contributed by atoms with E-state index in [0.29, 0.717) is 12.6 Å². The fourth-order valence-electron chi connectivity index (χ4n) is 5.12. The molecule has 29 heavy (non-hydrogen) atoms. The molecule has 0 radical (unpaired) electrons. The number of fused-ring (bicyclic) bond motifs is 1. The number of carboxylic acids is 1. The monoisotopic (exact) mass is 424 g/mol. The Morgan fingerprint density at radius 3 is 2.83 bits per heavy atom. The van der Waals surface area contributed by atoms with Crippen LogP contribution >= 0.6 is 11.8 Å². The molecule has 0 bridgehead atoms. The van der Waals surface area contributed by atoms with Gasteiger partial charge in [-0.2, -0.15) is 0 Å². The Kier molecular flexibility index (Phi) is 5.62. The molecule has 3 saturated heterocycles. The number of likely N-dealkylation sites (tertiary alicyclic amines) is 1. The fourth-order valence-corrected chi connectivity index (χ4v) is 6.64. The number of β-lactam (4-membered cyclic amide) rings is 1. The van der Waals surface area contributed by atoms with Crippen LogP contribution in [0.1, 0.15) is 26.7 Å². The van der Waals surface area contributed by atoms with Crippen molar-refractivity contribution in [2.24, 2.45) is 17.0 Å². The maximum absolute atomic E-state index is 12.4. The highest BCUT2D eigenvalue weighted by atomic mass is 32.2. The lowest BCUT2D eigenvalue weighted by atomic mass is 9.79. The van der Waals surface area contributed by atoms with E-state index < -0.39 is 18.0 Å². The van der Waals surface area contributed by atoms with E-state index in [4.69, 9.17) is 5.21 Å². The lowest BCUT2D eigenvalue weighted by Crippen LogP contribution is -2.63. The summed E-state index contributed by atoms with van der Waals surface area (Å²) in [7, 11) is 0. The van der Waals surface area contributed by atoms with Crippen molar-refractivity contribution >= 4 is 29.4 Å². The van der Waals surface area contributed by atoms with Crippen LogP contribution in [0.3, 0.4) is 0 Å².